The number of rotatable bonds is 5. The molecule has 1 fully saturated rings. The fraction of sp³-hybridized carbons (Fsp3) is 0.200. The van der Waals surface area contributed by atoms with Gasteiger partial charge >= 0.3 is 0 Å². The molecule has 0 spiro atoms. The predicted octanol–water partition coefficient (Wildman–Crippen LogP) is 3.30. The third-order valence-corrected chi connectivity index (χ3v) is 6.16. The van der Waals surface area contributed by atoms with Crippen LogP contribution in [-0.4, -0.2) is 60.7 Å². The van der Waals surface area contributed by atoms with Crippen LogP contribution in [0.15, 0.2) is 85.1 Å². The average Bonchev–Trinajstić information content (AvgIpc) is 3.51. The van der Waals surface area contributed by atoms with Gasteiger partial charge < -0.3 is 9.30 Å². The molecule has 0 unspecified atom stereocenters. The Kier molecular flexibility index (Phi) is 5.04. The van der Waals surface area contributed by atoms with Crippen molar-refractivity contribution < 1.29 is 0 Å². The minimum atomic E-state index is 0.792. The maximum Gasteiger partial charge on any atom is 0.250 e. The molecule has 33 heavy (non-hydrogen) atoms. The van der Waals surface area contributed by atoms with Crippen LogP contribution in [0.4, 0.5) is 5.95 Å². The molecule has 1 saturated heterocycles. The normalized spacial score (nSPS) is 14.7. The number of fused-ring (bicyclic) bond motifs is 1. The Morgan fingerprint density at radius 2 is 1.48 bits per heavy atom. The lowest BCUT2D eigenvalue weighted by molar-refractivity contribution is 0.245. The predicted molar refractivity (Wildman–Crippen MR) is 127 cm³/mol. The first-order chi connectivity index (χ1) is 16.4. The number of para-hydroxylation sites is 1. The summed E-state index contributed by atoms with van der Waals surface area (Å²) < 4.78 is 4.03. The highest BCUT2D eigenvalue weighted by molar-refractivity contribution is 5.66. The summed E-state index contributed by atoms with van der Waals surface area (Å²) in [6.07, 6.45) is 2.11. The SMILES string of the molecule is c1ccc(-c2nc3ccccn3c2CN2CCN(c3nnnn3-c3ccccc3)CC2)cc1. The lowest BCUT2D eigenvalue weighted by Crippen LogP contribution is -2.47. The van der Waals surface area contributed by atoms with E-state index >= 15 is 0 Å². The Morgan fingerprint density at radius 3 is 2.27 bits per heavy atom. The zero-order valence-corrected chi connectivity index (χ0v) is 18.2. The molecule has 5 aromatic rings. The molecular weight excluding hydrogens is 412 g/mol. The number of nitrogens with zero attached hydrogens (tertiary/aromatic N) is 8. The number of hydrogen-bond acceptors (Lipinski definition) is 6. The van der Waals surface area contributed by atoms with E-state index in [0.29, 0.717) is 0 Å². The van der Waals surface area contributed by atoms with Gasteiger partial charge in [-0.3, -0.25) is 4.90 Å². The highest BCUT2D eigenvalue weighted by Gasteiger charge is 2.24. The van der Waals surface area contributed by atoms with E-state index in [1.54, 1.807) is 0 Å². The van der Waals surface area contributed by atoms with E-state index in [-0.39, 0.29) is 0 Å². The minimum absolute atomic E-state index is 0.792. The molecule has 0 bridgehead atoms. The molecule has 6 rings (SSSR count). The lowest BCUT2D eigenvalue weighted by Gasteiger charge is -2.34. The third-order valence-electron chi connectivity index (χ3n) is 6.16. The van der Waals surface area contributed by atoms with Crippen LogP contribution in [-0.2, 0) is 6.54 Å². The van der Waals surface area contributed by atoms with E-state index in [1.165, 1.54) is 5.69 Å². The average molecular weight is 437 g/mol. The molecule has 4 heterocycles. The van der Waals surface area contributed by atoms with Gasteiger partial charge in [-0.1, -0.05) is 59.7 Å². The smallest absolute Gasteiger partial charge is 0.250 e. The van der Waals surface area contributed by atoms with Crippen molar-refractivity contribution in [3.63, 3.8) is 0 Å². The summed E-state index contributed by atoms with van der Waals surface area (Å²) in [5.74, 6) is 0.792. The van der Waals surface area contributed by atoms with Crippen LogP contribution in [0.1, 0.15) is 5.69 Å². The molecule has 2 aromatic carbocycles. The fourth-order valence-electron chi connectivity index (χ4n) is 4.46. The van der Waals surface area contributed by atoms with E-state index in [1.807, 2.05) is 47.1 Å². The molecule has 0 amide bonds. The molecule has 0 aliphatic carbocycles. The second-order valence-corrected chi connectivity index (χ2v) is 8.19. The van der Waals surface area contributed by atoms with Crippen molar-refractivity contribution in [3.8, 4) is 16.9 Å². The summed E-state index contributed by atoms with van der Waals surface area (Å²) in [7, 11) is 0. The number of benzene rings is 2. The zero-order chi connectivity index (χ0) is 22.0. The summed E-state index contributed by atoms with van der Waals surface area (Å²) in [4.78, 5) is 9.69. The first-order valence-electron chi connectivity index (χ1n) is 11.2. The van der Waals surface area contributed by atoms with Crippen molar-refractivity contribution in [2.75, 3.05) is 31.1 Å². The van der Waals surface area contributed by atoms with Crippen molar-refractivity contribution in [2.24, 2.45) is 0 Å². The van der Waals surface area contributed by atoms with E-state index in [9.17, 15) is 0 Å². The standard InChI is InChI=1S/C25H24N8/c1-3-9-20(10-4-1)24-22(32-14-8-7-13-23(32)26-24)19-30-15-17-31(18-16-30)25-27-28-29-33(25)21-11-5-2-6-12-21/h1-14H,15-19H2. The highest BCUT2D eigenvalue weighted by atomic mass is 15.6. The van der Waals surface area contributed by atoms with Crippen LogP contribution >= 0.6 is 0 Å². The molecular formula is C25H24N8. The van der Waals surface area contributed by atoms with E-state index < -0.39 is 0 Å². The van der Waals surface area contributed by atoms with Gasteiger partial charge in [0, 0.05) is 44.5 Å². The van der Waals surface area contributed by atoms with Crippen LogP contribution in [0.3, 0.4) is 0 Å². The van der Waals surface area contributed by atoms with Gasteiger partial charge in [-0.2, -0.15) is 4.68 Å². The Balaban J connectivity index is 1.23. The van der Waals surface area contributed by atoms with E-state index in [4.69, 9.17) is 4.98 Å². The Bertz CT molecular complexity index is 1350. The van der Waals surface area contributed by atoms with Crippen molar-refractivity contribution in [1.29, 1.82) is 0 Å². The summed E-state index contributed by atoms with van der Waals surface area (Å²) >= 11 is 0. The second-order valence-electron chi connectivity index (χ2n) is 8.19. The number of anilines is 1. The molecule has 164 valence electrons. The summed E-state index contributed by atoms with van der Waals surface area (Å²) in [6.45, 7) is 4.42. The lowest BCUT2D eigenvalue weighted by atomic mass is 10.1. The molecule has 0 atom stereocenters. The molecule has 1 aliphatic heterocycles. The summed E-state index contributed by atoms with van der Waals surface area (Å²) in [5, 5.41) is 12.4. The van der Waals surface area contributed by atoms with Crippen molar-refractivity contribution in [3.05, 3.63) is 90.8 Å². The van der Waals surface area contributed by atoms with Crippen molar-refractivity contribution in [1.82, 2.24) is 34.5 Å². The molecule has 0 radical (unpaired) electrons. The van der Waals surface area contributed by atoms with Gasteiger partial charge in [-0.05, 0) is 34.7 Å². The minimum Gasteiger partial charge on any atom is -0.337 e. The van der Waals surface area contributed by atoms with E-state index in [2.05, 4.69) is 72.3 Å². The Hall–Kier alpha value is -4.04. The van der Waals surface area contributed by atoms with Crippen LogP contribution in [0, 0.1) is 0 Å². The number of piperazine rings is 1. The van der Waals surface area contributed by atoms with Crippen LogP contribution in [0.2, 0.25) is 0 Å². The maximum atomic E-state index is 4.95. The van der Waals surface area contributed by atoms with Gasteiger partial charge in [-0.15, -0.1) is 0 Å². The number of imidazole rings is 1. The van der Waals surface area contributed by atoms with Crippen LogP contribution in [0.25, 0.3) is 22.6 Å². The molecule has 3 aromatic heterocycles. The first-order valence-corrected chi connectivity index (χ1v) is 11.2. The van der Waals surface area contributed by atoms with Crippen molar-refractivity contribution >= 4 is 11.6 Å². The second kappa shape index (κ2) is 8.48. The topological polar surface area (TPSA) is 67.4 Å². The monoisotopic (exact) mass is 436 g/mol. The van der Waals surface area contributed by atoms with E-state index in [0.717, 1.165) is 61.3 Å². The highest BCUT2D eigenvalue weighted by Crippen LogP contribution is 2.26. The maximum absolute atomic E-state index is 4.95. The van der Waals surface area contributed by atoms with Gasteiger partial charge in [0.05, 0.1) is 17.1 Å². The third kappa shape index (κ3) is 3.74. The molecule has 8 nitrogen and oxygen atoms in total. The number of pyridine rings is 1. The van der Waals surface area contributed by atoms with Gasteiger partial charge in [0.1, 0.15) is 5.65 Å². The molecule has 8 heteroatoms. The molecule has 0 N–H and O–H groups in total. The number of tetrazole rings is 1. The van der Waals surface area contributed by atoms with Gasteiger partial charge in [0.2, 0.25) is 5.95 Å². The van der Waals surface area contributed by atoms with Crippen molar-refractivity contribution in [2.45, 2.75) is 6.54 Å². The summed E-state index contributed by atoms with van der Waals surface area (Å²) in [6, 6.07) is 26.6. The Labute approximate surface area is 191 Å². The fourth-order valence-corrected chi connectivity index (χ4v) is 4.46. The van der Waals surface area contributed by atoms with Gasteiger partial charge in [0.25, 0.3) is 0 Å². The summed E-state index contributed by atoms with van der Waals surface area (Å²) in [5.41, 5.74) is 5.37. The number of hydrogen-bond donors (Lipinski definition) is 0. The molecule has 0 saturated carbocycles. The first kappa shape index (κ1) is 19.6. The quantitative estimate of drug-likeness (QED) is 0.421. The van der Waals surface area contributed by atoms with Gasteiger partial charge in [0.15, 0.2) is 0 Å². The zero-order valence-electron chi connectivity index (χ0n) is 18.2. The van der Waals surface area contributed by atoms with Gasteiger partial charge in [-0.25, -0.2) is 4.98 Å². The van der Waals surface area contributed by atoms with Crippen LogP contribution in [0.5, 0.6) is 0 Å². The number of aromatic nitrogens is 6. The largest absolute Gasteiger partial charge is 0.337 e. The molecule has 1 aliphatic rings. The Morgan fingerprint density at radius 1 is 0.758 bits per heavy atom. The van der Waals surface area contributed by atoms with Crippen LogP contribution < -0.4 is 4.90 Å².